The molecule has 108 valence electrons. The van der Waals surface area contributed by atoms with Gasteiger partial charge in [-0.1, -0.05) is 15.9 Å². The highest BCUT2D eigenvalue weighted by Crippen LogP contribution is 2.20. The number of carbonyl (C=O) groups excluding carboxylic acids is 1. The van der Waals surface area contributed by atoms with Crippen LogP contribution in [0.4, 0.5) is 0 Å². The zero-order chi connectivity index (χ0) is 13.4. The SMILES string of the molecule is CNC(C)CNC(=O)CCSc1ccc(Br)cc1.Cl. The molecule has 1 amide bonds. The van der Waals surface area contributed by atoms with E-state index in [0.29, 0.717) is 19.0 Å². The maximum atomic E-state index is 11.5. The molecule has 1 unspecified atom stereocenters. The van der Waals surface area contributed by atoms with Crippen molar-refractivity contribution in [1.82, 2.24) is 10.6 Å². The highest BCUT2D eigenvalue weighted by Gasteiger charge is 2.04. The molecule has 0 aliphatic carbocycles. The van der Waals surface area contributed by atoms with Gasteiger partial charge in [-0.2, -0.15) is 0 Å². The van der Waals surface area contributed by atoms with Crippen molar-refractivity contribution in [2.75, 3.05) is 19.3 Å². The molecule has 0 radical (unpaired) electrons. The molecule has 1 aromatic carbocycles. The second-order valence-corrected chi connectivity index (χ2v) is 6.13. The predicted octanol–water partition coefficient (Wildman–Crippen LogP) is 3.08. The fraction of sp³-hybridized carbons (Fsp3) is 0.462. The van der Waals surface area contributed by atoms with Crippen molar-refractivity contribution >= 4 is 46.0 Å². The fourth-order valence-electron chi connectivity index (χ4n) is 1.25. The summed E-state index contributed by atoms with van der Waals surface area (Å²) in [4.78, 5) is 12.7. The number of amides is 1. The molecule has 0 aliphatic heterocycles. The second-order valence-electron chi connectivity index (χ2n) is 4.05. The number of carbonyl (C=O) groups is 1. The first-order chi connectivity index (χ1) is 8.61. The van der Waals surface area contributed by atoms with Crippen LogP contribution < -0.4 is 10.6 Å². The van der Waals surface area contributed by atoms with Gasteiger partial charge in [0.25, 0.3) is 0 Å². The van der Waals surface area contributed by atoms with E-state index in [1.54, 1.807) is 11.8 Å². The molecule has 6 heteroatoms. The highest BCUT2D eigenvalue weighted by atomic mass is 79.9. The molecule has 0 saturated carbocycles. The first-order valence-electron chi connectivity index (χ1n) is 5.94. The van der Waals surface area contributed by atoms with Crippen LogP contribution in [0, 0.1) is 0 Å². The van der Waals surface area contributed by atoms with E-state index in [-0.39, 0.29) is 18.3 Å². The topological polar surface area (TPSA) is 41.1 Å². The molecular weight excluding hydrogens is 348 g/mol. The molecule has 1 aromatic rings. The molecule has 0 bridgehead atoms. The summed E-state index contributed by atoms with van der Waals surface area (Å²) in [6.07, 6.45) is 0.553. The maximum absolute atomic E-state index is 11.5. The Kier molecular flexibility index (Phi) is 10.4. The van der Waals surface area contributed by atoms with Gasteiger partial charge in [-0.3, -0.25) is 4.79 Å². The minimum Gasteiger partial charge on any atom is -0.355 e. The molecule has 1 rings (SSSR count). The van der Waals surface area contributed by atoms with E-state index in [2.05, 4.69) is 38.7 Å². The van der Waals surface area contributed by atoms with E-state index in [4.69, 9.17) is 0 Å². The number of hydrogen-bond donors (Lipinski definition) is 2. The molecule has 0 aromatic heterocycles. The summed E-state index contributed by atoms with van der Waals surface area (Å²) in [7, 11) is 1.89. The number of likely N-dealkylation sites (N-methyl/N-ethyl adjacent to an activating group) is 1. The molecule has 19 heavy (non-hydrogen) atoms. The van der Waals surface area contributed by atoms with Crippen LogP contribution in [-0.4, -0.2) is 31.3 Å². The zero-order valence-electron chi connectivity index (χ0n) is 11.1. The summed E-state index contributed by atoms with van der Waals surface area (Å²) >= 11 is 5.10. The molecule has 1 atom stereocenters. The zero-order valence-corrected chi connectivity index (χ0v) is 14.3. The minimum atomic E-state index is 0. The molecule has 0 spiro atoms. The second kappa shape index (κ2) is 10.5. The summed E-state index contributed by atoms with van der Waals surface area (Å²) in [5, 5.41) is 5.99. The molecule has 2 N–H and O–H groups in total. The van der Waals surface area contributed by atoms with E-state index in [0.717, 1.165) is 10.2 Å². The van der Waals surface area contributed by atoms with Crippen LogP contribution in [-0.2, 0) is 4.79 Å². The van der Waals surface area contributed by atoms with Gasteiger partial charge < -0.3 is 10.6 Å². The lowest BCUT2D eigenvalue weighted by atomic mass is 10.3. The molecule has 0 saturated heterocycles. The third-order valence-corrected chi connectivity index (χ3v) is 4.05. The Hall–Kier alpha value is -0.230. The monoisotopic (exact) mass is 366 g/mol. The van der Waals surface area contributed by atoms with E-state index in [9.17, 15) is 4.79 Å². The lowest BCUT2D eigenvalue weighted by molar-refractivity contribution is -0.120. The van der Waals surface area contributed by atoms with Gasteiger partial charge in [0.2, 0.25) is 5.91 Å². The first kappa shape index (κ1) is 18.8. The van der Waals surface area contributed by atoms with Crippen molar-refractivity contribution < 1.29 is 4.79 Å². The molecule has 0 heterocycles. The summed E-state index contributed by atoms with van der Waals surface area (Å²) < 4.78 is 1.07. The number of hydrogen-bond acceptors (Lipinski definition) is 3. The highest BCUT2D eigenvalue weighted by molar-refractivity contribution is 9.10. The van der Waals surface area contributed by atoms with Crippen LogP contribution in [0.1, 0.15) is 13.3 Å². The Bertz CT molecular complexity index is 375. The third kappa shape index (κ3) is 8.52. The maximum Gasteiger partial charge on any atom is 0.220 e. The van der Waals surface area contributed by atoms with Gasteiger partial charge >= 0.3 is 0 Å². The number of benzene rings is 1. The van der Waals surface area contributed by atoms with Crippen LogP contribution in [0.25, 0.3) is 0 Å². The predicted molar refractivity (Wildman–Crippen MR) is 88.3 cm³/mol. The van der Waals surface area contributed by atoms with Gasteiger partial charge in [0, 0.05) is 34.1 Å². The van der Waals surface area contributed by atoms with Gasteiger partial charge in [0.1, 0.15) is 0 Å². The average Bonchev–Trinajstić information content (AvgIpc) is 2.38. The van der Waals surface area contributed by atoms with Gasteiger partial charge in [0.05, 0.1) is 0 Å². The Balaban J connectivity index is 0.00000324. The number of rotatable bonds is 7. The van der Waals surface area contributed by atoms with Crippen molar-refractivity contribution in [2.45, 2.75) is 24.3 Å². The van der Waals surface area contributed by atoms with E-state index < -0.39 is 0 Å². The molecule has 3 nitrogen and oxygen atoms in total. The van der Waals surface area contributed by atoms with E-state index in [1.165, 1.54) is 4.90 Å². The Morgan fingerprint density at radius 3 is 2.58 bits per heavy atom. The molecular formula is C13H20BrClN2OS. The Labute approximate surface area is 133 Å². The Morgan fingerprint density at radius 1 is 1.37 bits per heavy atom. The number of nitrogens with one attached hydrogen (secondary N) is 2. The van der Waals surface area contributed by atoms with Gasteiger partial charge in [-0.25, -0.2) is 0 Å². The van der Waals surface area contributed by atoms with Crippen LogP contribution in [0.5, 0.6) is 0 Å². The van der Waals surface area contributed by atoms with E-state index in [1.807, 2.05) is 26.1 Å². The van der Waals surface area contributed by atoms with Gasteiger partial charge in [-0.15, -0.1) is 24.2 Å². The normalized spacial score (nSPS) is 11.5. The van der Waals surface area contributed by atoms with E-state index >= 15 is 0 Å². The fourth-order valence-corrected chi connectivity index (χ4v) is 2.37. The van der Waals surface area contributed by atoms with Crippen LogP contribution in [0.3, 0.4) is 0 Å². The molecule has 0 fully saturated rings. The standard InChI is InChI=1S/C13H19BrN2OS.ClH/c1-10(15-2)9-16-13(17)7-8-18-12-5-3-11(14)4-6-12;/h3-6,10,15H,7-9H2,1-2H3,(H,16,17);1H. The quantitative estimate of drug-likeness (QED) is 0.728. The largest absolute Gasteiger partial charge is 0.355 e. The third-order valence-electron chi connectivity index (χ3n) is 2.51. The summed E-state index contributed by atoms with van der Waals surface area (Å²) in [5.74, 6) is 0.920. The van der Waals surface area contributed by atoms with Crippen molar-refractivity contribution in [3.63, 3.8) is 0 Å². The first-order valence-corrected chi connectivity index (χ1v) is 7.72. The average molecular weight is 368 g/mol. The minimum absolute atomic E-state index is 0. The van der Waals surface area contributed by atoms with Crippen molar-refractivity contribution in [3.05, 3.63) is 28.7 Å². The smallest absolute Gasteiger partial charge is 0.220 e. The van der Waals surface area contributed by atoms with Gasteiger partial charge in [-0.05, 0) is 38.2 Å². The van der Waals surface area contributed by atoms with Crippen LogP contribution >= 0.6 is 40.1 Å². The molecule has 0 aliphatic rings. The van der Waals surface area contributed by atoms with Crippen molar-refractivity contribution in [1.29, 1.82) is 0 Å². The summed E-state index contributed by atoms with van der Waals surface area (Å²) in [5.41, 5.74) is 0. The van der Waals surface area contributed by atoms with Gasteiger partial charge in [0.15, 0.2) is 0 Å². The number of thioether (sulfide) groups is 1. The summed E-state index contributed by atoms with van der Waals surface area (Å²) in [6.45, 7) is 2.72. The van der Waals surface area contributed by atoms with Crippen LogP contribution in [0.15, 0.2) is 33.6 Å². The van der Waals surface area contributed by atoms with Crippen LogP contribution in [0.2, 0.25) is 0 Å². The lowest BCUT2D eigenvalue weighted by Crippen LogP contribution is -2.37. The summed E-state index contributed by atoms with van der Waals surface area (Å²) in [6, 6.07) is 8.44. The Morgan fingerprint density at radius 2 is 2.00 bits per heavy atom. The number of halogens is 2. The van der Waals surface area contributed by atoms with Crippen molar-refractivity contribution in [2.24, 2.45) is 0 Å². The van der Waals surface area contributed by atoms with Crippen molar-refractivity contribution in [3.8, 4) is 0 Å². The lowest BCUT2D eigenvalue weighted by Gasteiger charge is -2.11.